The van der Waals surface area contributed by atoms with Crippen molar-refractivity contribution < 1.29 is 0 Å². The lowest BCUT2D eigenvalue weighted by Crippen LogP contribution is -2.20. The largest absolute Gasteiger partial charge is 0.309 e. The van der Waals surface area contributed by atoms with Gasteiger partial charge in [0.1, 0.15) is 0 Å². The molecule has 1 atom stereocenters. The minimum atomic E-state index is 0.395. The third-order valence-electron chi connectivity index (χ3n) is 2.65. The maximum absolute atomic E-state index is 4.02. The molecule has 0 fully saturated rings. The number of nitrogens with zero attached hydrogens (tertiary/aromatic N) is 1. The topological polar surface area (TPSA) is 24.9 Å². The predicted molar refractivity (Wildman–Crippen MR) is 76.4 cm³/mol. The van der Waals surface area contributed by atoms with Gasteiger partial charge in [0.05, 0.1) is 0 Å². The molecule has 0 spiro atoms. The third kappa shape index (κ3) is 3.63. The van der Waals surface area contributed by atoms with Crippen LogP contribution in [0.5, 0.6) is 0 Å². The zero-order chi connectivity index (χ0) is 12.1. The van der Waals surface area contributed by atoms with E-state index >= 15 is 0 Å². The summed E-state index contributed by atoms with van der Waals surface area (Å²) in [7, 11) is 0. The number of rotatable bonds is 5. The molecule has 2 aromatic rings. The number of hydrogen-bond acceptors (Lipinski definition) is 3. The van der Waals surface area contributed by atoms with Gasteiger partial charge in [-0.3, -0.25) is 4.98 Å². The van der Waals surface area contributed by atoms with Gasteiger partial charge in [0.15, 0.2) is 0 Å². The second-order valence-electron chi connectivity index (χ2n) is 3.91. The average molecular weight is 311 g/mol. The van der Waals surface area contributed by atoms with Gasteiger partial charge in [0.2, 0.25) is 0 Å². The molecule has 17 heavy (non-hydrogen) atoms. The monoisotopic (exact) mass is 310 g/mol. The Morgan fingerprint density at radius 2 is 2.12 bits per heavy atom. The SMILES string of the molecule is CC(NCCc1ccncc1)c1sccc1Br. The highest BCUT2D eigenvalue weighted by Crippen LogP contribution is 2.28. The van der Waals surface area contributed by atoms with E-state index in [0.29, 0.717) is 6.04 Å². The summed E-state index contributed by atoms with van der Waals surface area (Å²) in [5, 5.41) is 5.65. The first-order valence-electron chi connectivity index (χ1n) is 5.62. The van der Waals surface area contributed by atoms with Crippen LogP contribution < -0.4 is 5.32 Å². The Kier molecular flexibility index (Phi) is 4.71. The molecule has 0 aliphatic heterocycles. The molecule has 2 rings (SSSR count). The lowest BCUT2D eigenvalue weighted by molar-refractivity contribution is 0.583. The highest BCUT2D eigenvalue weighted by atomic mass is 79.9. The zero-order valence-corrected chi connectivity index (χ0v) is 12.1. The van der Waals surface area contributed by atoms with Crippen molar-refractivity contribution in [3.63, 3.8) is 0 Å². The molecule has 0 amide bonds. The van der Waals surface area contributed by atoms with Crippen LogP contribution in [0.25, 0.3) is 0 Å². The van der Waals surface area contributed by atoms with Crippen LogP contribution in [0, 0.1) is 0 Å². The van der Waals surface area contributed by atoms with Crippen LogP contribution >= 0.6 is 27.3 Å². The lowest BCUT2D eigenvalue weighted by atomic mass is 10.2. The Labute approximate surface area is 114 Å². The third-order valence-corrected chi connectivity index (χ3v) is 4.71. The van der Waals surface area contributed by atoms with Gasteiger partial charge in [0, 0.05) is 27.8 Å². The fourth-order valence-corrected chi connectivity index (χ4v) is 3.44. The standard InChI is InChI=1S/C13H15BrN2S/c1-10(13-12(14)5-9-17-13)16-8-4-11-2-6-15-7-3-11/h2-3,5-7,9-10,16H,4,8H2,1H3. The predicted octanol–water partition coefficient (Wildman–Crippen LogP) is 3.80. The van der Waals surface area contributed by atoms with Crippen molar-refractivity contribution in [3.05, 3.63) is 50.9 Å². The highest BCUT2D eigenvalue weighted by Gasteiger charge is 2.09. The van der Waals surface area contributed by atoms with E-state index in [1.54, 1.807) is 11.3 Å². The van der Waals surface area contributed by atoms with E-state index in [0.717, 1.165) is 13.0 Å². The second-order valence-corrected chi connectivity index (χ2v) is 5.72. The summed E-state index contributed by atoms with van der Waals surface area (Å²) in [6.07, 6.45) is 4.72. The van der Waals surface area contributed by atoms with Crippen molar-refractivity contribution in [2.75, 3.05) is 6.54 Å². The first kappa shape index (κ1) is 12.7. The summed E-state index contributed by atoms with van der Waals surface area (Å²) in [5.41, 5.74) is 1.32. The van der Waals surface area contributed by atoms with Gasteiger partial charge in [-0.1, -0.05) is 0 Å². The summed E-state index contributed by atoms with van der Waals surface area (Å²) >= 11 is 5.35. The lowest BCUT2D eigenvalue weighted by Gasteiger charge is -2.12. The van der Waals surface area contributed by atoms with Crippen LogP contribution in [0.15, 0.2) is 40.4 Å². The van der Waals surface area contributed by atoms with Crippen LogP contribution in [-0.4, -0.2) is 11.5 Å². The van der Waals surface area contributed by atoms with E-state index in [-0.39, 0.29) is 0 Å². The molecule has 0 bridgehead atoms. The van der Waals surface area contributed by atoms with Gasteiger partial charge >= 0.3 is 0 Å². The van der Waals surface area contributed by atoms with E-state index in [2.05, 4.69) is 56.7 Å². The Bertz CT molecular complexity index is 455. The number of pyridine rings is 1. The van der Waals surface area contributed by atoms with E-state index in [4.69, 9.17) is 0 Å². The Morgan fingerprint density at radius 3 is 2.76 bits per heavy atom. The maximum Gasteiger partial charge on any atom is 0.0397 e. The van der Waals surface area contributed by atoms with Crippen molar-refractivity contribution in [1.29, 1.82) is 0 Å². The molecule has 2 aromatic heterocycles. The van der Waals surface area contributed by atoms with Crippen LogP contribution in [0.1, 0.15) is 23.4 Å². The van der Waals surface area contributed by atoms with Gasteiger partial charge in [-0.15, -0.1) is 11.3 Å². The Morgan fingerprint density at radius 1 is 1.35 bits per heavy atom. The summed E-state index contributed by atoms with van der Waals surface area (Å²) in [4.78, 5) is 5.38. The minimum Gasteiger partial charge on any atom is -0.309 e. The van der Waals surface area contributed by atoms with E-state index < -0.39 is 0 Å². The molecule has 1 unspecified atom stereocenters. The van der Waals surface area contributed by atoms with Crippen molar-refractivity contribution in [1.82, 2.24) is 10.3 Å². The van der Waals surface area contributed by atoms with Crippen molar-refractivity contribution in [3.8, 4) is 0 Å². The van der Waals surface area contributed by atoms with E-state index in [9.17, 15) is 0 Å². The number of aromatic nitrogens is 1. The molecular weight excluding hydrogens is 296 g/mol. The van der Waals surface area contributed by atoms with Crippen LogP contribution in [-0.2, 0) is 6.42 Å². The molecule has 0 aliphatic carbocycles. The normalized spacial score (nSPS) is 12.6. The summed E-state index contributed by atoms with van der Waals surface area (Å²) < 4.78 is 1.20. The van der Waals surface area contributed by atoms with Crippen molar-refractivity contribution in [2.45, 2.75) is 19.4 Å². The van der Waals surface area contributed by atoms with Gasteiger partial charge in [-0.05, 0) is 65.0 Å². The molecule has 1 N–H and O–H groups in total. The Hall–Kier alpha value is -0.710. The summed E-state index contributed by atoms with van der Waals surface area (Å²) in [6.45, 7) is 3.18. The molecule has 0 saturated carbocycles. The maximum atomic E-state index is 4.02. The van der Waals surface area contributed by atoms with Crippen LogP contribution in [0.3, 0.4) is 0 Å². The number of halogens is 1. The summed E-state index contributed by atoms with van der Waals surface area (Å²) in [5.74, 6) is 0. The summed E-state index contributed by atoms with van der Waals surface area (Å²) in [6, 6.07) is 6.62. The van der Waals surface area contributed by atoms with Gasteiger partial charge < -0.3 is 5.32 Å². The van der Waals surface area contributed by atoms with Gasteiger partial charge in [0.25, 0.3) is 0 Å². The molecule has 4 heteroatoms. The molecule has 90 valence electrons. The van der Waals surface area contributed by atoms with Crippen LogP contribution in [0.4, 0.5) is 0 Å². The number of thiophene rings is 1. The zero-order valence-electron chi connectivity index (χ0n) is 9.69. The minimum absolute atomic E-state index is 0.395. The number of nitrogens with one attached hydrogen (secondary N) is 1. The van der Waals surface area contributed by atoms with Gasteiger partial charge in [-0.2, -0.15) is 0 Å². The molecule has 0 saturated heterocycles. The Balaban J connectivity index is 1.81. The van der Waals surface area contributed by atoms with Crippen molar-refractivity contribution in [2.24, 2.45) is 0 Å². The first-order valence-corrected chi connectivity index (χ1v) is 7.30. The van der Waals surface area contributed by atoms with E-state index in [1.165, 1.54) is 14.9 Å². The molecular formula is C13H15BrN2S. The quantitative estimate of drug-likeness (QED) is 0.908. The molecule has 0 radical (unpaired) electrons. The molecule has 2 nitrogen and oxygen atoms in total. The first-order chi connectivity index (χ1) is 8.27. The number of hydrogen-bond donors (Lipinski definition) is 1. The fraction of sp³-hybridized carbons (Fsp3) is 0.308. The fourth-order valence-electron chi connectivity index (χ4n) is 1.69. The van der Waals surface area contributed by atoms with E-state index in [1.807, 2.05) is 12.4 Å². The average Bonchev–Trinajstić information content (AvgIpc) is 2.77. The van der Waals surface area contributed by atoms with Crippen molar-refractivity contribution >= 4 is 27.3 Å². The second kappa shape index (κ2) is 6.28. The highest BCUT2D eigenvalue weighted by molar-refractivity contribution is 9.10. The van der Waals surface area contributed by atoms with Crippen LogP contribution in [0.2, 0.25) is 0 Å². The molecule has 0 aromatic carbocycles. The molecule has 0 aliphatic rings. The smallest absolute Gasteiger partial charge is 0.0397 e. The molecule has 2 heterocycles. The van der Waals surface area contributed by atoms with Gasteiger partial charge in [-0.25, -0.2) is 0 Å².